The Kier molecular flexibility index (Phi) is 2.98. The minimum atomic E-state index is 0.186. The lowest BCUT2D eigenvalue weighted by Crippen LogP contribution is -2.51. The van der Waals surface area contributed by atoms with Gasteiger partial charge in [0.1, 0.15) is 5.69 Å². The number of ketones is 1. The molecule has 0 amide bonds. The molecule has 0 spiro atoms. The molecule has 3 rings (SSSR count). The van der Waals surface area contributed by atoms with E-state index in [1.807, 2.05) is 19.3 Å². The number of fused-ring (bicyclic) bond motifs is 2. The van der Waals surface area contributed by atoms with E-state index in [1.165, 1.54) is 19.3 Å². The third-order valence-electron chi connectivity index (χ3n) is 4.68. The topological polar surface area (TPSA) is 38.1 Å². The van der Waals surface area contributed by atoms with Gasteiger partial charge in [0.25, 0.3) is 0 Å². The Morgan fingerprint density at radius 2 is 1.94 bits per heavy atom. The van der Waals surface area contributed by atoms with Crippen LogP contribution in [0.4, 0.5) is 0 Å². The molecule has 4 nitrogen and oxygen atoms in total. The second kappa shape index (κ2) is 4.50. The van der Waals surface area contributed by atoms with Gasteiger partial charge in [0.2, 0.25) is 0 Å². The number of aromatic nitrogens is 2. The van der Waals surface area contributed by atoms with Crippen molar-refractivity contribution in [2.24, 2.45) is 13.0 Å². The van der Waals surface area contributed by atoms with Gasteiger partial charge in [-0.05, 0) is 38.8 Å². The van der Waals surface area contributed by atoms with Crippen LogP contribution in [0.15, 0.2) is 12.3 Å². The highest BCUT2D eigenvalue weighted by atomic mass is 16.1. The van der Waals surface area contributed by atoms with Gasteiger partial charge in [-0.15, -0.1) is 0 Å². The van der Waals surface area contributed by atoms with Gasteiger partial charge < -0.3 is 4.90 Å². The van der Waals surface area contributed by atoms with Gasteiger partial charge >= 0.3 is 0 Å². The molecule has 0 aromatic carbocycles. The monoisotopic (exact) mass is 247 g/mol. The first-order chi connectivity index (χ1) is 8.65. The van der Waals surface area contributed by atoms with Crippen LogP contribution in [0.3, 0.4) is 0 Å². The van der Waals surface area contributed by atoms with Gasteiger partial charge in [0.05, 0.1) is 0 Å². The quantitative estimate of drug-likeness (QED) is 0.749. The third kappa shape index (κ3) is 1.99. The van der Waals surface area contributed by atoms with Gasteiger partial charge in [-0.1, -0.05) is 6.42 Å². The predicted molar refractivity (Wildman–Crippen MR) is 69.5 cm³/mol. The summed E-state index contributed by atoms with van der Waals surface area (Å²) < 4.78 is 1.71. The molecule has 18 heavy (non-hydrogen) atoms. The van der Waals surface area contributed by atoms with Gasteiger partial charge in [-0.25, -0.2) is 0 Å². The molecule has 2 atom stereocenters. The first-order valence-corrected chi connectivity index (χ1v) is 6.91. The Balaban J connectivity index is 1.76. The highest BCUT2D eigenvalue weighted by Gasteiger charge is 2.39. The molecule has 4 heteroatoms. The number of carbonyl (C=O) groups is 1. The standard InChI is InChI=1S/C14H21N3O/c1-16-7-6-13(15-16)14(18)10-8-11-4-3-5-12(9-10)17(11)2/h6-7,10-12H,3-5,8-9H2,1-2H3. The van der Waals surface area contributed by atoms with Gasteiger partial charge in [-0.2, -0.15) is 5.10 Å². The Morgan fingerprint density at radius 1 is 1.28 bits per heavy atom. The van der Waals surface area contributed by atoms with Gasteiger partial charge in [0, 0.05) is 31.2 Å². The summed E-state index contributed by atoms with van der Waals surface area (Å²) in [5.74, 6) is 0.437. The van der Waals surface area contributed by atoms with Crippen molar-refractivity contribution in [2.45, 2.75) is 44.2 Å². The second-order valence-electron chi connectivity index (χ2n) is 5.81. The van der Waals surface area contributed by atoms with E-state index >= 15 is 0 Å². The van der Waals surface area contributed by atoms with Crippen LogP contribution < -0.4 is 0 Å². The molecule has 3 heterocycles. The van der Waals surface area contributed by atoms with Crippen molar-refractivity contribution in [3.05, 3.63) is 18.0 Å². The average molecular weight is 247 g/mol. The van der Waals surface area contributed by atoms with Crippen molar-refractivity contribution in [2.75, 3.05) is 7.05 Å². The van der Waals surface area contributed by atoms with Crippen molar-refractivity contribution in [3.63, 3.8) is 0 Å². The molecule has 0 N–H and O–H groups in total. The summed E-state index contributed by atoms with van der Waals surface area (Å²) in [6, 6.07) is 3.06. The average Bonchev–Trinajstić information content (AvgIpc) is 2.74. The number of Topliss-reactive ketones (excluding diaryl/α,β-unsaturated/α-hetero) is 1. The number of aryl methyl sites for hydroxylation is 1. The smallest absolute Gasteiger partial charge is 0.186 e. The van der Waals surface area contributed by atoms with Crippen LogP contribution in [-0.4, -0.2) is 39.6 Å². The van der Waals surface area contributed by atoms with E-state index in [9.17, 15) is 4.79 Å². The molecule has 0 aliphatic carbocycles. The molecule has 2 bridgehead atoms. The molecule has 98 valence electrons. The summed E-state index contributed by atoms with van der Waals surface area (Å²) in [4.78, 5) is 14.9. The largest absolute Gasteiger partial charge is 0.300 e. The molecule has 1 aromatic rings. The number of nitrogens with zero attached hydrogens (tertiary/aromatic N) is 3. The summed E-state index contributed by atoms with van der Waals surface area (Å²) in [5.41, 5.74) is 0.644. The van der Waals surface area contributed by atoms with Crippen LogP contribution in [0.25, 0.3) is 0 Å². The van der Waals surface area contributed by atoms with Gasteiger partial charge in [-0.3, -0.25) is 9.48 Å². The maximum Gasteiger partial charge on any atom is 0.186 e. The highest BCUT2D eigenvalue weighted by molar-refractivity contribution is 5.96. The van der Waals surface area contributed by atoms with Crippen LogP contribution in [-0.2, 0) is 7.05 Å². The molecular weight excluding hydrogens is 226 g/mol. The van der Waals surface area contributed by atoms with Crippen molar-refractivity contribution < 1.29 is 4.79 Å². The summed E-state index contributed by atoms with van der Waals surface area (Å²) in [7, 11) is 4.08. The Hall–Kier alpha value is -1.16. The van der Waals surface area contributed by atoms with Crippen LogP contribution in [0.1, 0.15) is 42.6 Å². The second-order valence-corrected chi connectivity index (χ2v) is 5.81. The zero-order valence-electron chi connectivity index (χ0n) is 11.2. The number of hydrogen-bond acceptors (Lipinski definition) is 3. The minimum absolute atomic E-state index is 0.186. The lowest BCUT2D eigenvalue weighted by Gasteiger charge is -2.46. The van der Waals surface area contributed by atoms with E-state index in [4.69, 9.17) is 0 Å². The fourth-order valence-electron chi connectivity index (χ4n) is 3.59. The normalized spacial score (nSPS) is 32.4. The Bertz CT molecular complexity index is 440. The zero-order valence-corrected chi connectivity index (χ0v) is 11.2. The van der Waals surface area contributed by atoms with Crippen molar-refractivity contribution in [3.8, 4) is 0 Å². The molecule has 0 saturated carbocycles. The summed E-state index contributed by atoms with van der Waals surface area (Å²) in [5, 5.41) is 4.25. The zero-order chi connectivity index (χ0) is 12.7. The number of carbonyl (C=O) groups excluding carboxylic acids is 1. The van der Waals surface area contributed by atoms with Crippen LogP contribution in [0.2, 0.25) is 0 Å². The number of hydrogen-bond donors (Lipinski definition) is 0. The maximum atomic E-state index is 12.5. The Morgan fingerprint density at radius 3 is 2.50 bits per heavy atom. The van der Waals surface area contributed by atoms with Crippen molar-refractivity contribution in [1.29, 1.82) is 0 Å². The van der Waals surface area contributed by atoms with Crippen LogP contribution in [0.5, 0.6) is 0 Å². The first kappa shape index (κ1) is 11.9. The fourth-order valence-corrected chi connectivity index (χ4v) is 3.59. The van der Waals surface area contributed by atoms with Crippen LogP contribution in [0, 0.1) is 5.92 Å². The van der Waals surface area contributed by atoms with Crippen molar-refractivity contribution in [1.82, 2.24) is 14.7 Å². The molecular formula is C14H21N3O. The van der Waals surface area contributed by atoms with Crippen LogP contribution >= 0.6 is 0 Å². The van der Waals surface area contributed by atoms with E-state index in [1.54, 1.807) is 4.68 Å². The third-order valence-corrected chi connectivity index (χ3v) is 4.68. The SMILES string of the molecule is CN1C2CCCC1CC(C(=O)c1ccn(C)n1)C2. The molecule has 2 aliphatic heterocycles. The number of piperidine rings is 2. The van der Waals surface area contributed by atoms with E-state index < -0.39 is 0 Å². The summed E-state index contributed by atoms with van der Waals surface area (Å²) >= 11 is 0. The highest BCUT2D eigenvalue weighted by Crippen LogP contribution is 2.36. The van der Waals surface area contributed by atoms with Crippen molar-refractivity contribution >= 4 is 5.78 Å². The molecule has 2 aliphatic rings. The molecule has 2 fully saturated rings. The first-order valence-electron chi connectivity index (χ1n) is 6.91. The molecule has 1 aromatic heterocycles. The predicted octanol–water partition coefficient (Wildman–Crippen LogP) is 1.87. The lowest BCUT2D eigenvalue weighted by molar-refractivity contribution is 0.0336. The van der Waals surface area contributed by atoms with Gasteiger partial charge in [0.15, 0.2) is 5.78 Å². The minimum Gasteiger partial charge on any atom is -0.300 e. The molecule has 0 radical (unpaired) electrons. The Labute approximate surface area is 108 Å². The molecule has 2 saturated heterocycles. The maximum absolute atomic E-state index is 12.5. The number of rotatable bonds is 2. The van der Waals surface area contributed by atoms with E-state index in [-0.39, 0.29) is 11.7 Å². The fraction of sp³-hybridized carbons (Fsp3) is 0.714. The van der Waals surface area contributed by atoms with E-state index in [0.717, 1.165) is 12.8 Å². The summed E-state index contributed by atoms with van der Waals surface area (Å²) in [6.45, 7) is 0. The summed E-state index contributed by atoms with van der Waals surface area (Å²) in [6.07, 6.45) is 7.70. The van der Waals surface area contributed by atoms with E-state index in [0.29, 0.717) is 17.8 Å². The molecule has 2 unspecified atom stereocenters. The van der Waals surface area contributed by atoms with E-state index in [2.05, 4.69) is 17.0 Å². The lowest BCUT2D eigenvalue weighted by atomic mass is 9.76.